The van der Waals surface area contributed by atoms with Crippen molar-refractivity contribution in [2.45, 2.75) is 12.5 Å². The molecule has 0 fully saturated rings. The number of para-hydroxylation sites is 2. The predicted molar refractivity (Wildman–Crippen MR) is 132 cm³/mol. The van der Waals surface area contributed by atoms with Crippen LogP contribution in [0.4, 0.5) is 0 Å². The Labute approximate surface area is 206 Å². The Bertz CT molecular complexity index is 1650. The molecule has 4 aromatic heterocycles. The lowest BCUT2D eigenvalue weighted by atomic mass is 10.2. The van der Waals surface area contributed by atoms with E-state index in [0.717, 1.165) is 21.1 Å². The largest absolute Gasteiger partial charge is 0.496 e. The van der Waals surface area contributed by atoms with E-state index in [1.807, 2.05) is 48.5 Å². The van der Waals surface area contributed by atoms with Crippen LogP contribution in [0.1, 0.15) is 16.1 Å². The minimum atomic E-state index is -0.370. The van der Waals surface area contributed by atoms with Crippen LogP contribution < -0.4 is 15.2 Å². The molecule has 1 atom stereocenters. The van der Waals surface area contributed by atoms with Gasteiger partial charge in [0.05, 0.1) is 31.4 Å². The minimum absolute atomic E-state index is 0.370. The first-order valence-electron chi connectivity index (χ1n) is 10.6. The zero-order valence-electron chi connectivity index (χ0n) is 18.7. The van der Waals surface area contributed by atoms with E-state index in [2.05, 4.69) is 20.4 Å². The summed E-state index contributed by atoms with van der Waals surface area (Å²) in [5, 5.41) is 28.1. The van der Waals surface area contributed by atoms with Crippen LogP contribution in [0.15, 0.2) is 48.5 Å². The molecule has 0 saturated carbocycles. The van der Waals surface area contributed by atoms with Gasteiger partial charge in [0.1, 0.15) is 21.5 Å². The van der Waals surface area contributed by atoms with Gasteiger partial charge in [-0.3, -0.25) is 0 Å². The summed E-state index contributed by atoms with van der Waals surface area (Å²) in [6.45, 7) is 0. The highest BCUT2D eigenvalue weighted by Crippen LogP contribution is 2.32. The van der Waals surface area contributed by atoms with Crippen LogP contribution in [-0.4, -0.2) is 53.8 Å². The molecular formula is C22H19N9O2S2. The Morgan fingerprint density at radius 2 is 1.31 bits per heavy atom. The highest BCUT2D eigenvalue weighted by atomic mass is 32.1. The summed E-state index contributed by atoms with van der Waals surface area (Å²) in [5.74, 6) is 2.63. The van der Waals surface area contributed by atoms with E-state index in [-0.39, 0.29) is 6.04 Å². The summed E-state index contributed by atoms with van der Waals surface area (Å²) in [4.78, 5) is 1.35. The van der Waals surface area contributed by atoms with Crippen molar-refractivity contribution in [1.82, 2.24) is 39.6 Å². The maximum absolute atomic E-state index is 6.54. The summed E-state index contributed by atoms with van der Waals surface area (Å²) >= 11 is 2.85. The van der Waals surface area contributed by atoms with Crippen molar-refractivity contribution >= 4 is 32.6 Å². The zero-order chi connectivity index (χ0) is 23.9. The molecule has 0 saturated heterocycles. The van der Waals surface area contributed by atoms with Crippen molar-refractivity contribution in [3.63, 3.8) is 0 Å². The second-order valence-electron chi connectivity index (χ2n) is 7.58. The number of benzene rings is 2. The lowest BCUT2D eigenvalue weighted by molar-refractivity contribution is 0.416. The summed E-state index contributed by atoms with van der Waals surface area (Å²) < 4.78 is 14.4. The number of methoxy groups -OCH3 is 2. The van der Waals surface area contributed by atoms with Crippen molar-refractivity contribution in [3.05, 3.63) is 58.5 Å². The molecule has 0 radical (unpaired) electrons. The zero-order valence-corrected chi connectivity index (χ0v) is 20.3. The molecule has 0 aliphatic rings. The van der Waals surface area contributed by atoms with Crippen LogP contribution >= 0.6 is 22.7 Å². The molecule has 11 nitrogen and oxygen atoms in total. The molecule has 35 heavy (non-hydrogen) atoms. The van der Waals surface area contributed by atoms with Crippen LogP contribution in [-0.2, 0) is 6.42 Å². The Kier molecular flexibility index (Phi) is 5.36. The fourth-order valence-electron chi connectivity index (χ4n) is 3.79. The highest BCUT2D eigenvalue weighted by Gasteiger charge is 2.22. The molecule has 4 heterocycles. The monoisotopic (exact) mass is 505 g/mol. The average molecular weight is 506 g/mol. The molecule has 176 valence electrons. The molecule has 6 rings (SSSR count). The number of aromatic nitrogens is 8. The average Bonchev–Trinajstić information content (AvgIpc) is 3.65. The van der Waals surface area contributed by atoms with E-state index >= 15 is 0 Å². The van der Waals surface area contributed by atoms with Crippen molar-refractivity contribution in [1.29, 1.82) is 0 Å². The van der Waals surface area contributed by atoms with Crippen molar-refractivity contribution < 1.29 is 9.47 Å². The number of rotatable bonds is 7. The normalized spacial score (nSPS) is 12.4. The van der Waals surface area contributed by atoms with Crippen LogP contribution in [0.5, 0.6) is 11.5 Å². The second kappa shape index (κ2) is 8.69. The first kappa shape index (κ1) is 21.6. The molecule has 6 aromatic rings. The number of nitrogens with two attached hydrogens (primary N) is 1. The molecule has 2 N–H and O–H groups in total. The van der Waals surface area contributed by atoms with Gasteiger partial charge in [-0.2, -0.15) is 19.2 Å². The summed E-state index contributed by atoms with van der Waals surface area (Å²) in [6, 6.07) is 14.9. The third kappa shape index (κ3) is 3.69. The predicted octanol–water partition coefficient (Wildman–Crippen LogP) is 3.28. The van der Waals surface area contributed by atoms with Crippen molar-refractivity contribution in [2.24, 2.45) is 5.73 Å². The van der Waals surface area contributed by atoms with Gasteiger partial charge in [0, 0.05) is 6.42 Å². The van der Waals surface area contributed by atoms with Crippen LogP contribution in [0.3, 0.4) is 0 Å². The SMILES string of the molecule is COc1ccccc1-c1nnc2sc(C[C@H](N)c3nn4c(-c5ccccc5OC)nnc4s3)nn12. The van der Waals surface area contributed by atoms with Gasteiger partial charge < -0.3 is 15.2 Å². The van der Waals surface area contributed by atoms with Gasteiger partial charge in [-0.25, -0.2) is 0 Å². The van der Waals surface area contributed by atoms with E-state index in [0.29, 0.717) is 39.5 Å². The number of hydrogen-bond donors (Lipinski definition) is 1. The fraction of sp³-hybridized carbons (Fsp3) is 0.182. The lowest BCUT2D eigenvalue weighted by Gasteiger charge is -2.06. The molecule has 13 heteroatoms. The fourth-order valence-corrected chi connectivity index (χ4v) is 5.52. The third-order valence-electron chi connectivity index (χ3n) is 5.45. The van der Waals surface area contributed by atoms with Gasteiger partial charge in [0.15, 0.2) is 11.6 Å². The number of nitrogens with zero attached hydrogens (tertiary/aromatic N) is 8. The quantitative estimate of drug-likeness (QED) is 0.347. The first-order chi connectivity index (χ1) is 17.2. The summed E-state index contributed by atoms with van der Waals surface area (Å²) in [6.07, 6.45) is 0.494. The van der Waals surface area contributed by atoms with E-state index < -0.39 is 0 Å². The molecule has 0 amide bonds. The van der Waals surface area contributed by atoms with E-state index in [1.54, 1.807) is 23.3 Å². The Morgan fingerprint density at radius 3 is 1.91 bits per heavy atom. The van der Waals surface area contributed by atoms with Gasteiger partial charge >= 0.3 is 0 Å². The molecule has 0 bridgehead atoms. The van der Waals surface area contributed by atoms with Crippen LogP contribution in [0.2, 0.25) is 0 Å². The number of hydrogen-bond acceptors (Lipinski definition) is 11. The van der Waals surface area contributed by atoms with Gasteiger partial charge in [0.2, 0.25) is 9.92 Å². The lowest BCUT2D eigenvalue weighted by Crippen LogP contribution is -2.13. The maximum atomic E-state index is 6.54. The summed E-state index contributed by atoms with van der Waals surface area (Å²) in [5.41, 5.74) is 8.17. The third-order valence-corrected chi connectivity index (χ3v) is 7.40. The molecule has 0 aliphatic heterocycles. The van der Waals surface area contributed by atoms with E-state index in [1.165, 1.54) is 22.7 Å². The topological polar surface area (TPSA) is 131 Å². The van der Waals surface area contributed by atoms with Crippen LogP contribution in [0, 0.1) is 0 Å². The Morgan fingerprint density at radius 1 is 0.771 bits per heavy atom. The summed E-state index contributed by atoms with van der Waals surface area (Å²) in [7, 11) is 3.25. The van der Waals surface area contributed by atoms with E-state index in [9.17, 15) is 0 Å². The van der Waals surface area contributed by atoms with E-state index in [4.69, 9.17) is 25.4 Å². The van der Waals surface area contributed by atoms with Gasteiger partial charge in [-0.15, -0.1) is 20.4 Å². The highest BCUT2D eigenvalue weighted by molar-refractivity contribution is 7.17. The number of ether oxygens (including phenoxy) is 2. The smallest absolute Gasteiger partial charge is 0.235 e. The molecule has 0 unspecified atom stereocenters. The Balaban J connectivity index is 1.30. The van der Waals surface area contributed by atoms with Crippen molar-refractivity contribution in [3.8, 4) is 34.3 Å². The number of fused-ring (bicyclic) bond motifs is 2. The molecule has 0 aliphatic carbocycles. The van der Waals surface area contributed by atoms with Crippen molar-refractivity contribution in [2.75, 3.05) is 14.2 Å². The molecular weight excluding hydrogens is 486 g/mol. The molecule has 2 aromatic carbocycles. The Hall–Kier alpha value is -3.94. The maximum Gasteiger partial charge on any atom is 0.235 e. The first-order valence-corrected chi connectivity index (χ1v) is 12.2. The standard InChI is InChI=1S/C22H19N9O2S2/c1-32-15-9-5-3-7-12(15)18-24-26-21-30(18)28-17(34-21)11-14(23)20-29-31-19(25-27-22(31)35-20)13-8-4-6-10-16(13)33-2/h3-10,14H,11,23H2,1-2H3/t14-/m0/s1. The minimum Gasteiger partial charge on any atom is -0.496 e. The second-order valence-corrected chi connectivity index (χ2v) is 9.61. The van der Waals surface area contributed by atoms with Gasteiger partial charge in [-0.1, -0.05) is 46.9 Å². The molecule has 0 spiro atoms. The van der Waals surface area contributed by atoms with Gasteiger partial charge in [0.25, 0.3) is 0 Å². The van der Waals surface area contributed by atoms with Gasteiger partial charge in [-0.05, 0) is 24.3 Å². The van der Waals surface area contributed by atoms with Crippen LogP contribution in [0.25, 0.3) is 32.7 Å².